The summed E-state index contributed by atoms with van der Waals surface area (Å²) in [7, 11) is 0. The number of nitrogens with zero attached hydrogens (tertiary/aromatic N) is 3. The van der Waals surface area contributed by atoms with E-state index >= 15 is 0 Å². The molecule has 1 saturated carbocycles. The van der Waals surface area contributed by atoms with Gasteiger partial charge < -0.3 is 19.4 Å². The van der Waals surface area contributed by atoms with Crippen molar-refractivity contribution in [2.45, 2.75) is 58.2 Å². The average molecular weight is 435 g/mol. The second kappa shape index (κ2) is 9.28. The lowest BCUT2D eigenvalue weighted by Crippen LogP contribution is -2.33. The van der Waals surface area contributed by atoms with Gasteiger partial charge >= 0.3 is 0 Å². The Morgan fingerprint density at radius 2 is 1.84 bits per heavy atom. The van der Waals surface area contributed by atoms with Gasteiger partial charge in [0.1, 0.15) is 13.2 Å². The van der Waals surface area contributed by atoms with Crippen molar-refractivity contribution in [1.29, 1.82) is 0 Å². The maximum atomic E-state index is 12.4. The van der Waals surface area contributed by atoms with Crippen LogP contribution in [0.25, 0.3) is 11.0 Å². The van der Waals surface area contributed by atoms with E-state index in [2.05, 4.69) is 28.3 Å². The van der Waals surface area contributed by atoms with Crippen LogP contribution in [0.4, 0.5) is 0 Å². The van der Waals surface area contributed by atoms with Gasteiger partial charge in [-0.25, -0.2) is 4.98 Å². The molecule has 7 nitrogen and oxygen atoms in total. The molecule has 1 aliphatic heterocycles. The standard InChI is InChI=1S/C25H30N4O3/c1-17-2-7-21-22(12-17)29(25(30)16-28-21)9-8-18-3-5-19(6-4-18)26-14-20-13-23-24(15-27-20)32-11-10-31-23/h2,7,12-13,15-16,18-19,26H,3-6,8-11,14H2,1H3. The first kappa shape index (κ1) is 20.9. The zero-order valence-electron chi connectivity index (χ0n) is 18.5. The van der Waals surface area contributed by atoms with Crippen LogP contribution in [0.1, 0.15) is 43.4 Å². The summed E-state index contributed by atoms with van der Waals surface area (Å²) >= 11 is 0. The molecule has 32 heavy (non-hydrogen) atoms. The van der Waals surface area contributed by atoms with Crippen molar-refractivity contribution in [2.75, 3.05) is 13.2 Å². The third-order valence-corrected chi connectivity index (χ3v) is 6.67. The van der Waals surface area contributed by atoms with Crippen molar-refractivity contribution in [2.24, 2.45) is 5.92 Å². The highest BCUT2D eigenvalue weighted by atomic mass is 16.6. The highest BCUT2D eigenvalue weighted by molar-refractivity contribution is 5.75. The van der Waals surface area contributed by atoms with E-state index in [1.807, 2.05) is 22.8 Å². The first-order chi connectivity index (χ1) is 15.7. The van der Waals surface area contributed by atoms with Gasteiger partial charge in [0, 0.05) is 25.2 Å². The minimum absolute atomic E-state index is 0.00891. The number of benzene rings is 1. The fourth-order valence-corrected chi connectivity index (χ4v) is 4.80. The summed E-state index contributed by atoms with van der Waals surface area (Å²) in [5, 5.41) is 3.66. The zero-order valence-corrected chi connectivity index (χ0v) is 18.5. The third kappa shape index (κ3) is 4.63. The molecule has 0 unspecified atom stereocenters. The molecule has 2 aromatic heterocycles. The van der Waals surface area contributed by atoms with Crippen molar-refractivity contribution >= 4 is 11.0 Å². The first-order valence-electron chi connectivity index (χ1n) is 11.6. The molecule has 0 radical (unpaired) electrons. The topological polar surface area (TPSA) is 78.3 Å². The monoisotopic (exact) mass is 434 g/mol. The lowest BCUT2D eigenvalue weighted by molar-refractivity contribution is 0.170. The molecule has 0 bridgehead atoms. The number of hydrogen-bond donors (Lipinski definition) is 1. The Labute approximate surface area is 187 Å². The van der Waals surface area contributed by atoms with Gasteiger partial charge in [-0.3, -0.25) is 9.78 Å². The maximum absolute atomic E-state index is 12.4. The van der Waals surface area contributed by atoms with Crippen molar-refractivity contribution in [1.82, 2.24) is 19.9 Å². The van der Waals surface area contributed by atoms with Crippen LogP contribution in [0, 0.1) is 12.8 Å². The Hall–Kier alpha value is -2.93. The Kier molecular flexibility index (Phi) is 6.08. The number of aryl methyl sites for hydroxylation is 2. The summed E-state index contributed by atoms with van der Waals surface area (Å²) in [6.45, 7) is 4.72. The summed E-state index contributed by atoms with van der Waals surface area (Å²) < 4.78 is 13.1. The molecule has 3 aromatic rings. The van der Waals surface area contributed by atoms with Crippen LogP contribution in [-0.2, 0) is 13.1 Å². The molecular formula is C25H30N4O3. The number of nitrogens with one attached hydrogen (secondary N) is 1. The largest absolute Gasteiger partial charge is 0.486 e. The third-order valence-electron chi connectivity index (χ3n) is 6.67. The molecule has 168 valence electrons. The van der Waals surface area contributed by atoms with Crippen LogP contribution >= 0.6 is 0 Å². The summed E-state index contributed by atoms with van der Waals surface area (Å²) in [6, 6.07) is 8.59. The van der Waals surface area contributed by atoms with E-state index in [1.54, 1.807) is 6.20 Å². The van der Waals surface area contributed by atoms with Gasteiger partial charge in [-0.15, -0.1) is 0 Å². The second-order valence-electron chi connectivity index (χ2n) is 8.95. The smallest absolute Gasteiger partial charge is 0.269 e. The second-order valence-corrected chi connectivity index (χ2v) is 8.95. The molecule has 5 rings (SSSR count). The van der Waals surface area contributed by atoms with Crippen LogP contribution in [0.2, 0.25) is 0 Å². The van der Waals surface area contributed by atoms with Gasteiger partial charge in [-0.05, 0) is 62.6 Å². The molecular weight excluding hydrogens is 404 g/mol. The van der Waals surface area contributed by atoms with Gasteiger partial charge in [0.2, 0.25) is 0 Å². The van der Waals surface area contributed by atoms with Crippen molar-refractivity contribution in [3.63, 3.8) is 0 Å². The highest BCUT2D eigenvalue weighted by Gasteiger charge is 2.21. The Balaban J connectivity index is 1.13. The first-order valence-corrected chi connectivity index (χ1v) is 11.6. The summed E-state index contributed by atoms with van der Waals surface area (Å²) in [5.41, 5.74) is 3.95. The van der Waals surface area contributed by atoms with Gasteiger partial charge in [0.25, 0.3) is 5.56 Å². The van der Waals surface area contributed by atoms with Crippen LogP contribution in [0.3, 0.4) is 0 Å². The average Bonchev–Trinajstić information content (AvgIpc) is 2.82. The van der Waals surface area contributed by atoms with E-state index in [0.29, 0.717) is 25.2 Å². The quantitative estimate of drug-likeness (QED) is 0.639. The van der Waals surface area contributed by atoms with Crippen LogP contribution < -0.4 is 20.3 Å². The van der Waals surface area contributed by atoms with Crippen LogP contribution in [-0.4, -0.2) is 33.8 Å². The highest BCUT2D eigenvalue weighted by Crippen LogP contribution is 2.30. The predicted octanol–water partition coefficient (Wildman–Crippen LogP) is 3.61. The molecule has 7 heteroatoms. The minimum atomic E-state index is -0.00891. The van der Waals surface area contributed by atoms with Gasteiger partial charge in [-0.1, -0.05) is 6.07 Å². The van der Waals surface area contributed by atoms with Gasteiger partial charge in [0.15, 0.2) is 11.5 Å². The Bertz CT molecular complexity index is 1150. The number of rotatable bonds is 6. The number of hydrogen-bond acceptors (Lipinski definition) is 6. The molecule has 1 fully saturated rings. The van der Waals surface area contributed by atoms with Crippen LogP contribution in [0.5, 0.6) is 11.5 Å². The predicted molar refractivity (Wildman–Crippen MR) is 123 cm³/mol. The van der Waals surface area contributed by atoms with Crippen LogP contribution in [0.15, 0.2) is 41.5 Å². The molecule has 2 aliphatic rings. The van der Waals surface area contributed by atoms with Crippen molar-refractivity contribution in [3.8, 4) is 11.5 Å². The van der Waals surface area contributed by atoms with E-state index in [-0.39, 0.29) is 5.56 Å². The minimum Gasteiger partial charge on any atom is -0.486 e. The molecule has 3 heterocycles. The normalized spacial score (nSPS) is 20.4. The summed E-state index contributed by atoms with van der Waals surface area (Å²) in [5.74, 6) is 2.18. The summed E-state index contributed by atoms with van der Waals surface area (Å²) in [6.07, 6.45) is 8.91. The van der Waals surface area contributed by atoms with E-state index in [0.717, 1.165) is 66.1 Å². The Morgan fingerprint density at radius 1 is 1.03 bits per heavy atom. The molecule has 0 saturated heterocycles. The van der Waals surface area contributed by atoms with Crippen molar-refractivity contribution in [3.05, 3.63) is 58.3 Å². The molecule has 0 atom stereocenters. The summed E-state index contributed by atoms with van der Waals surface area (Å²) in [4.78, 5) is 21.2. The Morgan fingerprint density at radius 3 is 2.69 bits per heavy atom. The van der Waals surface area contributed by atoms with E-state index in [4.69, 9.17) is 9.47 Å². The number of pyridine rings is 1. The fraction of sp³-hybridized carbons (Fsp3) is 0.480. The molecule has 1 aromatic carbocycles. The maximum Gasteiger partial charge on any atom is 0.269 e. The van der Waals surface area contributed by atoms with E-state index in [1.165, 1.54) is 19.0 Å². The molecule has 0 amide bonds. The lowest BCUT2D eigenvalue weighted by atomic mass is 9.84. The van der Waals surface area contributed by atoms with Crippen molar-refractivity contribution < 1.29 is 9.47 Å². The molecule has 1 N–H and O–H groups in total. The number of fused-ring (bicyclic) bond motifs is 2. The van der Waals surface area contributed by atoms with E-state index in [9.17, 15) is 4.79 Å². The van der Waals surface area contributed by atoms with Gasteiger partial charge in [-0.2, -0.15) is 0 Å². The number of aromatic nitrogens is 3. The zero-order chi connectivity index (χ0) is 21.9. The molecule has 0 spiro atoms. The SMILES string of the molecule is Cc1ccc2ncc(=O)n(CCC3CCC(NCc4cc5c(cn4)OCCO5)CC3)c2c1. The number of ether oxygens (including phenoxy) is 2. The van der Waals surface area contributed by atoms with Gasteiger partial charge in [0.05, 0.1) is 29.1 Å². The van der Waals surface area contributed by atoms with E-state index < -0.39 is 0 Å². The fourth-order valence-electron chi connectivity index (χ4n) is 4.80. The lowest BCUT2D eigenvalue weighted by Gasteiger charge is -2.29. The molecule has 1 aliphatic carbocycles.